The predicted molar refractivity (Wildman–Crippen MR) is 166 cm³/mol. The van der Waals surface area contributed by atoms with E-state index in [0.29, 0.717) is 72.9 Å². The number of benzene rings is 2. The summed E-state index contributed by atoms with van der Waals surface area (Å²) in [5.74, 6) is 5.29. The Labute approximate surface area is 259 Å². The maximum atomic E-state index is 14.3. The maximum absolute atomic E-state index is 14.3. The summed E-state index contributed by atoms with van der Waals surface area (Å²) in [5.41, 5.74) is 2.27. The molecular weight excluding hydrogens is 590 g/mol. The number of carbonyl (C=O) groups is 1. The molecule has 0 bridgehead atoms. The number of alkyl halides is 3. The van der Waals surface area contributed by atoms with Crippen LogP contribution in [0.3, 0.4) is 0 Å². The number of hydrogen-bond donors (Lipinski definition) is 2. The second kappa shape index (κ2) is 13.8. The summed E-state index contributed by atoms with van der Waals surface area (Å²) in [7, 11) is 3.41. The Morgan fingerprint density at radius 3 is 2.62 bits per heavy atom. The van der Waals surface area contributed by atoms with Gasteiger partial charge in [0, 0.05) is 48.2 Å². The summed E-state index contributed by atoms with van der Waals surface area (Å²) in [4.78, 5) is 16.6. The van der Waals surface area contributed by atoms with Crippen LogP contribution in [0.25, 0.3) is 10.9 Å². The molecule has 1 amide bonds. The van der Waals surface area contributed by atoms with Crippen molar-refractivity contribution in [3.8, 4) is 17.6 Å². The lowest BCUT2D eigenvalue weighted by Gasteiger charge is -2.36. The van der Waals surface area contributed by atoms with Crippen LogP contribution < -0.4 is 15.4 Å². The number of anilines is 2. The van der Waals surface area contributed by atoms with E-state index in [-0.39, 0.29) is 24.2 Å². The number of methoxy groups -OCH3 is 1. The van der Waals surface area contributed by atoms with Crippen molar-refractivity contribution in [2.45, 2.75) is 25.2 Å². The first-order valence-electron chi connectivity index (χ1n) is 14.8. The van der Waals surface area contributed by atoms with E-state index < -0.39 is 24.5 Å². The molecule has 0 spiro atoms. The van der Waals surface area contributed by atoms with Gasteiger partial charge in [0.1, 0.15) is 12.3 Å². The summed E-state index contributed by atoms with van der Waals surface area (Å²) in [6.07, 6.45) is -3.81. The van der Waals surface area contributed by atoms with Gasteiger partial charge in [-0.2, -0.15) is 13.2 Å². The minimum Gasteiger partial charge on any atom is -0.495 e. The van der Waals surface area contributed by atoms with E-state index >= 15 is 0 Å². The first-order chi connectivity index (χ1) is 21.5. The average Bonchev–Trinajstić information content (AvgIpc) is 3.36. The molecule has 2 N–H and O–H groups in total. The molecule has 45 heavy (non-hydrogen) atoms. The van der Waals surface area contributed by atoms with Crippen molar-refractivity contribution < 1.29 is 31.8 Å². The number of nitrogens with one attached hydrogen (secondary N) is 2. The molecule has 3 heterocycles. The number of morpholine rings is 1. The van der Waals surface area contributed by atoms with E-state index in [1.807, 2.05) is 11.9 Å². The maximum Gasteiger partial charge on any atom is 0.406 e. The van der Waals surface area contributed by atoms with Crippen LogP contribution in [0.1, 0.15) is 22.5 Å². The van der Waals surface area contributed by atoms with E-state index in [1.54, 1.807) is 47.4 Å². The summed E-state index contributed by atoms with van der Waals surface area (Å²) < 4.78 is 67.3. The minimum absolute atomic E-state index is 0.113. The number of carbonyl (C=O) groups excluding carboxylic acids is 1. The van der Waals surface area contributed by atoms with Crippen molar-refractivity contribution in [3.63, 3.8) is 0 Å². The van der Waals surface area contributed by atoms with Gasteiger partial charge in [0.15, 0.2) is 0 Å². The molecule has 2 aromatic carbocycles. The van der Waals surface area contributed by atoms with E-state index in [1.165, 1.54) is 7.11 Å². The topological polar surface area (TPSA) is 71.0 Å². The van der Waals surface area contributed by atoms with E-state index in [9.17, 15) is 22.4 Å². The first-order valence-corrected chi connectivity index (χ1v) is 14.8. The fraction of sp³-hybridized carbons (Fsp3) is 0.424. The monoisotopic (exact) mass is 627 g/mol. The van der Waals surface area contributed by atoms with Crippen molar-refractivity contribution in [2.24, 2.45) is 5.92 Å². The highest BCUT2D eigenvalue weighted by atomic mass is 19.4. The van der Waals surface area contributed by atoms with Crippen LogP contribution in [0.2, 0.25) is 0 Å². The lowest BCUT2D eigenvalue weighted by molar-refractivity contribution is -0.140. The van der Waals surface area contributed by atoms with Gasteiger partial charge in [-0.25, -0.2) is 4.39 Å². The Bertz CT molecular complexity index is 1600. The Hall–Kier alpha value is -4.21. The number of hydrogen-bond acceptors (Lipinski definition) is 6. The zero-order valence-electron chi connectivity index (χ0n) is 25.3. The lowest BCUT2D eigenvalue weighted by atomic mass is 9.91. The molecule has 1 aromatic heterocycles. The Morgan fingerprint density at radius 1 is 1.13 bits per heavy atom. The molecule has 240 valence electrons. The van der Waals surface area contributed by atoms with Crippen LogP contribution in [0.5, 0.6) is 5.75 Å². The number of piperidine rings is 1. The van der Waals surface area contributed by atoms with Crippen LogP contribution in [0.15, 0.2) is 54.9 Å². The summed E-state index contributed by atoms with van der Waals surface area (Å²) in [5, 5.41) is 7.09. The van der Waals surface area contributed by atoms with Gasteiger partial charge in [0.25, 0.3) is 5.91 Å². The van der Waals surface area contributed by atoms with Crippen molar-refractivity contribution in [1.82, 2.24) is 14.4 Å². The molecule has 2 aliphatic rings. The molecule has 12 heteroatoms. The SMILES string of the molecule is C=C(F)C1CN(C)CC[C@H]1Nc1cccc2c1cc(C#CCNc1ccc(C(=O)N3CCOCC3)cc1OC)n2CC(F)(F)F. The van der Waals surface area contributed by atoms with Crippen molar-refractivity contribution >= 4 is 28.2 Å². The zero-order chi connectivity index (χ0) is 32.1. The molecule has 1 unspecified atom stereocenters. The van der Waals surface area contributed by atoms with E-state index in [2.05, 4.69) is 29.1 Å². The van der Waals surface area contributed by atoms with Gasteiger partial charge >= 0.3 is 6.18 Å². The fourth-order valence-electron chi connectivity index (χ4n) is 5.86. The number of ether oxygens (including phenoxy) is 2. The zero-order valence-corrected chi connectivity index (χ0v) is 25.3. The Kier molecular flexibility index (Phi) is 9.90. The normalized spacial score (nSPS) is 19.1. The van der Waals surface area contributed by atoms with Crippen molar-refractivity contribution in [3.05, 3.63) is 66.1 Å². The van der Waals surface area contributed by atoms with Gasteiger partial charge in [-0.1, -0.05) is 18.6 Å². The third-order valence-corrected chi connectivity index (χ3v) is 8.17. The molecule has 2 fully saturated rings. The second-order valence-electron chi connectivity index (χ2n) is 11.3. The molecule has 0 radical (unpaired) electrons. The van der Waals surface area contributed by atoms with Gasteiger partial charge < -0.3 is 34.5 Å². The molecule has 8 nitrogen and oxygen atoms in total. The smallest absolute Gasteiger partial charge is 0.406 e. The quantitative estimate of drug-likeness (QED) is 0.259. The minimum atomic E-state index is -4.47. The van der Waals surface area contributed by atoms with Crippen LogP contribution in [-0.4, -0.2) is 92.6 Å². The molecular formula is C33H37F4N5O3. The number of aromatic nitrogens is 1. The predicted octanol–water partition coefficient (Wildman–Crippen LogP) is 5.36. The summed E-state index contributed by atoms with van der Waals surface area (Å²) in [6.45, 7) is 5.71. The highest BCUT2D eigenvalue weighted by molar-refractivity contribution is 5.95. The highest BCUT2D eigenvalue weighted by Gasteiger charge is 2.32. The number of fused-ring (bicyclic) bond motifs is 1. The fourth-order valence-corrected chi connectivity index (χ4v) is 5.86. The Morgan fingerprint density at radius 2 is 1.91 bits per heavy atom. The Balaban J connectivity index is 1.36. The molecule has 5 rings (SSSR count). The van der Waals surface area contributed by atoms with Gasteiger partial charge in [-0.15, -0.1) is 0 Å². The van der Waals surface area contributed by atoms with Crippen LogP contribution >= 0.6 is 0 Å². The second-order valence-corrected chi connectivity index (χ2v) is 11.3. The van der Waals surface area contributed by atoms with Gasteiger partial charge in [0.05, 0.1) is 49.6 Å². The highest BCUT2D eigenvalue weighted by Crippen LogP contribution is 2.33. The largest absolute Gasteiger partial charge is 0.495 e. The molecule has 2 aliphatic heterocycles. The number of likely N-dealkylation sites (tertiary alicyclic amines) is 1. The van der Waals surface area contributed by atoms with Crippen LogP contribution in [-0.2, 0) is 11.3 Å². The number of rotatable bonds is 8. The molecule has 0 saturated carbocycles. The van der Waals surface area contributed by atoms with Gasteiger partial charge in [-0.3, -0.25) is 4.79 Å². The third kappa shape index (κ3) is 7.72. The molecule has 0 aliphatic carbocycles. The van der Waals surface area contributed by atoms with Crippen molar-refractivity contribution in [1.29, 1.82) is 0 Å². The van der Waals surface area contributed by atoms with Crippen LogP contribution in [0.4, 0.5) is 28.9 Å². The molecule has 2 saturated heterocycles. The lowest BCUT2D eigenvalue weighted by Crippen LogP contribution is -2.45. The summed E-state index contributed by atoms with van der Waals surface area (Å²) >= 11 is 0. The van der Waals surface area contributed by atoms with Gasteiger partial charge in [0.2, 0.25) is 0 Å². The van der Waals surface area contributed by atoms with Crippen LogP contribution in [0, 0.1) is 17.8 Å². The number of nitrogens with zero attached hydrogens (tertiary/aromatic N) is 3. The van der Waals surface area contributed by atoms with E-state index in [0.717, 1.165) is 11.1 Å². The standard InChI is InChI=1S/C33H37F4N5O3/c1-22(34)26-20-40(2)13-11-28(26)39-27-7-4-8-30-25(27)19-24(42(30)21-33(35,36)37)6-5-12-38-29-10-9-23(18-31(29)44-3)32(43)41-14-16-45-17-15-41/h4,7-10,18-19,26,28,38-39H,1,11-17,20-21H2,2-3H3/t26?,28-/m1/s1. The third-order valence-electron chi connectivity index (χ3n) is 8.17. The van der Waals surface area contributed by atoms with Crippen molar-refractivity contribution in [2.75, 3.05) is 70.7 Å². The van der Waals surface area contributed by atoms with Gasteiger partial charge in [-0.05, 0) is 62.3 Å². The number of halogens is 4. The molecule has 2 atom stereocenters. The first kappa shape index (κ1) is 32.2. The average molecular weight is 628 g/mol. The number of amides is 1. The van der Waals surface area contributed by atoms with E-state index in [4.69, 9.17) is 9.47 Å². The molecule has 3 aromatic rings. The summed E-state index contributed by atoms with van der Waals surface area (Å²) in [6, 6.07) is 11.5.